The molecule has 3 nitrogen and oxygen atoms in total. The van der Waals surface area contributed by atoms with Crippen LogP contribution in [0.1, 0.15) is 38.2 Å². The van der Waals surface area contributed by atoms with Crippen molar-refractivity contribution >= 4 is 11.6 Å². The maximum atomic E-state index is 12.3. The van der Waals surface area contributed by atoms with Gasteiger partial charge < -0.3 is 10.6 Å². The maximum absolute atomic E-state index is 12.3. The Hall–Kier alpha value is -1.51. The van der Waals surface area contributed by atoms with Gasteiger partial charge in [-0.05, 0) is 36.5 Å². The molecule has 2 unspecified atom stereocenters. The van der Waals surface area contributed by atoms with E-state index in [9.17, 15) is 4.79 Å². The number of nitrogens with two attached hydrogens (primary N) is 1. The predicted molar refractivity (Wildman–Crippen MR) is 78.7 cm³/mol. The lowest BCUT2D eigenvalue weighted by Crippen LogP contribution is -2.43. The van der Waals surface area contributed by atoms with Gasteiger partial charge in [0, 0.05) is 18.8 Å². The van der Waals surface area contributed by atoms with Crippen LogP contribution in [0.15, 0.2) is 24.3 Å². The van der Waals surface area contributed by atoms with Crippen LogP contribution in [-0.2, 0) is 11.2 Å². The van der Waals surface area contributed by atoms with Gasteiger partial charge in [0.05, 0.1) is 6.42 Å². The number of carbonyl (C=O) groups excluding carboxylic acids is 1. The van der Waals surface area contributed by atoms with E-state index in [1.807, 2.05) is 36.2 Å². The van der Waals surface area contributed by atoms with Crippen molar-refractivity contribution in [1.82, 2.24) is 4.90 Å². The quantitative estimate of drug-likeness (QED) is 0.849. The zero-order chi connectivity index (χ0) is 13.8. The van der Waals surface area contributed by atoms with Gasteiger partial charge in [-0.15, -0.1) is 0 Å². The molecule has 0 radical (unpaired) electrons. The minimum atomic E-state index is 0.212. The second-order valence-electron chi connectivity index (χ2n) is 5.75. The molecule has 19 heavy (non-hydrogen) atoms. The summed E-state index contributed by atoms with van der Waals surface area (Å²) in [4.78, 5) is 14.3. The fourth-order valence-corrected chi connectivity index (χ4v) is 2.99. The smallest absolute Gasteiger partial charge is 0.226 e. The van der Waals surface area contributed by atoms with E-state index in [4.69, 9.17) is 5.73 Å². The Morgan fingerprint density at radius 2 is 1.89 bits per heavy atom. The molecule has 0 bridgehead atoms. The van der Waals surface area contributed by atoms with Crippen LogP contribution in [0.2, 0.25) is 0 Å². The molecule has 0 saturated heterocycles. The Balaban J connectivity index is 1.96. The highest BCUT2D eigenvalue weighted by atomic mass is 16.2. The Bertz CT molecular complexity index is 427. The third kappa shape index (κ3) is 3.49. The maximum Gasteiger partial charge on any atom is 0.226 e. The molecule has 2 atom stereocenters. The summed E-state index contributed by atoms with van der Waals surface area (Å²) >= 11 is 0. The van der Waals surface area contributed by atoms with E-state index < -0.39 is 0 Å². The van der Waals surface area contributed by atoms with Crippen molar-refractivity contribution in [3.63, 3.8) is 0 Å². The lowest BCUT2D eigenvalue weighted by atomic mass is 9.85. The number of carbonyl (C=O) groups is 1. The first-order valence-electron chi connectivity index (χ1n) is 7.18. The molecule has 2 N–H and O–H groups in total. The monoisotopic (exact) mass is 260 g/mol. The van der Waals surface area contributed by atoms with Crippen molar-refractivity contribution < 1.29 is 4.79 Å². The average molecular weight is 260 g/mol. The van der Waals surface area contributed by atoms with E-state index in [1.54, 1.807) is 0 Å². The number of rotatable bonds is 3. The van der Waals surface area contributed by atoms with Crippen molar-refractivity contribution in [3.8, 4) is 0 Å². The second kappa shape index (κ2) is 6.09. The molecule has 0 aromatic heterocycles. The molecule has 2 rings (SSSR count). The van der Waals surface area contributed by atoms with Gasteiger partial charge in [-0.2, -0.15) is 0 Å². The summed E-state index contributed by atoms with van der Waals surface area (Å²) < 4.78 is 0. The van der Waals surface area contributed by atoms with Crippen molar-refractivity contribution in [1.29, 1.82) is 0 Å². The fraction of sp³-hybridized carbons (Fsp3) is 0.562. The number of hydrogen-bond acceptors (Lipinski definition) is 2. The van der Waals surface area contributed by atoms with Gasteiger partial charge in [0.1, 0.15) is 0 Å². The van der Waals surface area contributed by atoms with Crippen LogP contribution in [0, 0.1) is 5.92 Å². The van der Waals surface area contributed by atoms with Crippen LogP contribution >= 0.6 is 0 Å². The zero-order valence-corrected chi connectivity index (χ0v) is 11.9. The van der Waals surface area contributed by atoms with Crippen LogP contribution in [0.4, 0.5) is 5.69 Å². The second-order valence-corrected chi connectivity index (χ2v) is 5.75. The third-order valence-corrected chi connectivity index (χ3v) is 4.29. The molecule has 1 saturated carbocycles. The minimum absolute atomic E-state index is 0.212. The Kier molecular flexibility index (Phi) is 4.46. The molecule has 104 valence electrons. The molecule has 0 heterocycles. The van der Waals surface area contributed by atoms with E-state index in [0.717, 1.165) is 17.7 Å². The van der Waals surface area contributed by atoms with Gasteiger partial charge in [0.15, 0.2) is 0 Å². The van der Waals surface area contributed by atoms with Crippen molar-refractivity contribution in [2.24, 2.45) is 5.92 Å². The van der Waals surface area contributed by atoms with Crippen LogP contribution in [-0.4, -0.2) is 23.9 Å². The first-order chi connectivity index (χ1) is 9.08. The number of likely N-dealkylation sites (N-methyl/N-ethyl adjacent to an activating group) is 1. The molecule has 1 aliphatic rings. The van der Waals surface area contributed by atoms with Gasteiger partial charge in [-0.1, -0.05) is 31.9 Å². The molecule has 0 spiro atoms. The summed E-state index contributed by atoms with van der Waals surface area (Å²) in [5.41, 5.74) is 7.43. The summed E-state index contributed by atoms with van der Waals surface area (Å²) in [6, 6.07) is 7.99. The van der Waals surface area contributed by atoms with Gasteiger partial charge in [-0.3, -0.25) is 4.79 Å². The van der Waals surface area contributed by atoms with Gasteiger partial charge >= 0.3 is 0 Å². The first-order valence-corrected chi connectivity index (χ1v) is 7.18. The summed E-state index contributed by atoms with van der Waals surface area (Å²) in [6.45, 7) is 2.26. The van der Waals surface area contributed by atoms with E-state index >= 15 is 0 Å². The lowest BCUT2D eigenvalue weighted by molar-refractivity contribution is -0.132. The molecule has 1 amide bonds. The molecule has 1 aromatic carbocycles. The number of benzene rings is 1. The fourth-order valence-electron chi connectivity index (χ4n) is 2.99. The van der Waals surface area contributed by atoms with Crippen molar-refractivity contribution in [2.45, 2.75) is 45.1 Å². The zero-order valence-electron chi connectivity index (χ0n) is 11.9. The molecule has 1 aliphatic carbocycles. The van der Waals surface area contributed by atoms with Gasteiger partial charge in [0.25, 0.3) is 0 Å². The molecule has 3 heteroatoms. The summed E-state index contributed by atoms with van der Waals surface area (Å²) in [7, 11) is 1.95. The summed E-state index contributed by atoms with van der Waals surface area (Å²) in [5, 5.41) is 0. The first kappa shape index (κ1) is 13.9. The average Bonchev–Trinajstić information content (AvgIpc) is 2.41. The number of nitrogen functional groups attached to an aromatic ring is 1. The van der Waals surface area contributed by atoms with Crippen molar-refractivity contribution in [3.05, 3.63) is 29.8 Å². The number of nitrogens with zero attached hydrogens (tertiary/aromatic N) is 1. The highest BCUT2D eigenvalue weighted by molar-refractivity contribution is 5.79. The van der Waals surface area contributed by atoms with Crippen molar-refractivity contribution in [2.75, 3.05) is 12.8 Å². The Morgan fingerprint density at radius 3 is 2.53 bits per heavy atom. The van der Waals surface area contributed by atoms with Gasteiger partial charge in [-0.25, -0.2) is 0 Å². The topological polar surface area (TPSA) is 46.3 Å². The van der Waals surface area contributed by atoms with Crippen LogP contribution in [0.5, 0.6) is 0 Å². The molecule has 0 aliphatic heterocycles. The van der Waals surface area contributed by atoms with Gasteiger partial charge in [0.2, 0.25) is 5.91 Å². The third-order valence-electron chi connectivity index (χ3n) is 4.29. The van der Waals surface area contributed by atoms with E-state index in [1.165, 1.54) is 19.3 Å². The van der Waals surface area contributed by atoms with Crippen LogP contribution < -0.4 is 5.73 Å². The van der Waals surface area contributed by atoms with E-state index in [-0.39, 0.29) is 5.91 Å². The van der Waals surface area contributed by atoms with Crippen LogP contribution in [0.25, 0.3) is 0 Å². The number of amides is 1. The summed E-state index contributed by atoms with van der Waals surface area (Å²) in [5.74, 6) is 0.831. The Morgan fingerprint density at radius 1 is 1.26 bits per heavy atom. The Labute approximate surface area is 115 Å². The number of hydrogen-bond donors (Lipinski definition) is 1. The highest BCUT2D eigenvalue weighted by Crippen LogP contribution is 2.27. The summed E-state index contributed by atoms with van der Waals surface area (Å²) in [6.07, 6.45) is 5.40. The van der Waals surface area contributed by atoms with E-state index in [0.29, 0.717) is 18.4 Å². The standard InChI is InChI=1S/C16H24N2O/c1-12-5-3-4-6-15(12)18(2)16(19)11-13-7-9-14(17)10-8-13/h7-10,12,15H,3-6,11,17H2,1-2H3. The molecule has 1 aromatic rings. The normalized spacial score (nSPS) is 23.1. The number of anilines is 1. The minimum Gasteiger partial charge on any atom is -0.399 e. The molecule has 1 fully saturated rings. The van der Waals surface area contributed by atoms with Crippen LogP contribution in [0.3, 0.4) is 0 Å². The predicted octanol–water partition coefficient (Wildman–Crippen LogP) is 2.85. The molecular weight excluding hydrogens is 236 g/mol. The SMILES string of the molecule is CC1CCCCC1N(C)C(=O)Cc1ccc(N)cc1. The van der Waals surface area contributed by atoms with E-state index in [2.05, 4.69) is 6.92 Å². The largest absolute Gasteiger partial charge is 0.399 e. The molecular formula is C16H24N2O. The lowest BCUT2D eigenvalue weighted by Gasteiger charge is -2.36. The highest BCUT2D eigenvalue weighted by Gasteiger charge is 2.27.